The number of methoxy groups -OCH3 is 1. The second-order valence-corrected chi connectivity index (χ2v) is 5.38. The first-order valence-corrected chi connectivity index (χ1v) is 7.18. The molecule has 1 aliphatic rings. The fourth-order valence-electron chi connectivity index (χ4n) is 2.75. The Balaban J connectivity index is 2.24. The molecule has 102 valence electrons. The van der Waals surface area contributed by atoms with Crippen LogP contribution in [0.25, 0.3) is 0 Å². The van der Waals surface area contributed by atoms with Crippen LogP contribution < -0.4 is 5.32 Å². The van der Waals surface area contributed by atoms with Crippen molar-refractivity contribution in [2.24, 2.45) is 0 Å². The third-order valence-corrected chi connectivity index (χ3v) is 3.93. The average molecular weight is 242 g/mol. The van der Waals surface area contributed by atoms with Gasteiger partial charge in [-0.25, -0.2) is 0 Å². The number of likely N-dealkylation sites (tertiary alicyclic amines) is 1. The molecule has 0 aromatic carbocycles. The lowest BCUT2D eigenvalue weighted by atomic mass is 9.99. The Labute approximate surface area is 107 Å². The molecule has 1 aliphatic heterocycles. The van der Waals surface area contributed by atoms with Crippen LogP contribution >= 0.6 is 0 Å². The molecule has 0 spiro atoms. The largest absolute Gasteiger partial charge is 0.381 e. The molecule has 1 fully saturated rings. The highest BCUT2D eigenvalue weighted by atomic mass is 16.5. The van der Waals surface area contributed by atoms with Crippen LogP contribution in [0, 0.1) is 0 Å². The number of hydrogen-bond donors (Lipinski definition) is 1. The van der Waals surface area contributed by atoms with Crippen LogP contribution in [0.5, 0.6) is 0 Å². The Morgan fingerprint density at radius 2 is 2.24 bits per heavy atom. The molecule has 0 aromatic heterocycles. The van der Waals surface area contributed by atoms with Crippen molar-refractivity contribution in [2.75, 3.05) is 26.7 Å². The maximum absolute atomic E-state index is 5.46. The van der Waals surface area contributed by atoms with Gasteiger partial charge in [0.25, 0.3) is 0 Å². The van der Waals surface area contributed by atoms with Gasteiger partial charge in [0.05, 0.1) is 6.10 Å². The summed E-state index contributed by atoms with van der Waals surface area (Å²) in [6.45, 7) is 10.3. The summed E-state index contributed by atoms with van der Waals surface area (Å²) in [6, 6.07) is 1.29. The lowest BCUT2D eigenvalue weighted by Crippen LogP contribution is -2.50. The van der Waals surface area contributed by atoms with Gasteiger partial charge >= 0.3 is 0 Å². The smallest absolute Gasteiger partial charge is 0.0598 e. The van der Waals surface area contributed by atoms with Gasteiger partial charge in [-0.3, -0.25) is 4.90 Å². The van der Waals surface area contributed by atoms with Crippen molar-refractivity contribution < 1.29 is 4.74 Å². The van der Waals surface area contributed by atoms with E-state index in [4.69, 9.17) is 4.74 Å². The first-order valence-electron chi connectivity index (χ1n) is 7.18. The third-order valence-electron chi connectivity index (χ3n) is 3.93. The van der Waals surface area contributed by atoms with E-state index in [1.165, 1.54) is 32.2 Å². The van der Waals surface area contributed by atoms with Crippen LogP contribution in [-0.4, -0.2) is 49.8 Å². The Bertz CT molecular complexity index is 199. The number of unbranched alkanes of at least 4 members (excludes halogenated alkanes) is 1. The van der Waals surface area contributed by atoms with Gasteiger partial charge in [0.15, 0.2) is 0 Å². The second kappa shape index (κ2) is 8.06. The number of ether oxygens (including phenoxy) is 1. The summed E-state index contributed by atoms with van der Waals surface area (Å²) in [5.74, 6) is 0. The summed E-state index contributed by atoms with van der Waals surface area (Å²) < 4.78 is 5.46. The van der Waals surface area contributed by atoms with E-state index in [9.17, 15) is 0 Å². The highest BCUT2D eigenvalue weighted by Crippen LogP contribution is 2.21. The zero-order chi connectivity index (χ0) is 12.7. The van der Waals surface area contributed by atoms with Crippen LogP contribution in [0.2, 0.25) is 0 Å². The molecule has 0 saturated carbocycles. The van der Waals surface area contributed by atoms with Crippen molar-refractivity contribution in [3.05, 3.63) is 0 Å². The monoisotopic (exact) mass is 242 g/mol. The van der Waals surface area contributed by atoms with E-state index in [1.54, 1.807) is 0 Å². The second-order valence-electron chi connectivity index (χ2n) is 5.38. The van der Waals surface area contributed by atoms with Gasteiger partial charge in [0.2, 0.25) is 0 Å². The van der Waals surface area contributed by atoms with Gasteiger partial charge in [0, 0.05) is 32.3 Å². The summed E-state index contributed by atoms with van der Waals surface area (Å²) in [7, 11) is 1.84. The molecule has 3 heteroatoms. The van der Waals surface area contributed by atoms with Gasteiger partial charge in [-0.15, -0.1) is 0 Å². The molecule has 0 amide bonds. The van der Waals surface area contributed by atoms with Gasteiger partial charge in [-0.1, -0.05) is 13.3 Å². The standard InChI is InChI=1S/C14H30N2O/c1-5-6-8-15-11-13(3)16-9-7-14(17-4)10-12(16)2/h12-15H,5-11H2,1-4H3. The predicted octanol–water partition coefficient (Wildman–Crippen LogP) is 2.26. The van der Waals surface area contributed by atoms with Crippen LogP contribution in [0.15, 0.2) is 0 Å². The average Bonchev–Trinajstić information content (AvgIpc) is 2.34. The molecule has 0 bridgehead atoms. The van der Waals surface area contributed by atoms with Gasteiger partial charge in [0.1, 0.15) is 0 Å². The fourth-order valence-corrected chi connectivity index (χ4v) is 2.75. The number of nitrogens with one attached hydrogen (secondary N) is 1. The van der Waals surface area contributed by atoms with E-state index in [0.29, 0.717) is 18.2 Å². The van der Waals surface area contributed by atoms with Crippen LogP contribution in [0.1, 0.15) is 46.5 Å². The highest BCUT2D eigenvalue weighted by molar-refractivity contribution is 4.83. The fraction of sp³-hybridized carbons (Fsp3) is 1.00. The molecule has 3 atom stereocenters. The van der Waals surface area contributed by atoms with E-state index >= 15 is 0 Å². The lowest BCUT2D eigenvalue weighted by Gasteiger charge is -2.41. The molecule has 0 aromatic rings. The molecule has 0 radical (unpaired) electrons. The maximum Gasteiger partial charge on any atom is 0.0598 e. The van der Waals surface area contributed by atoms with E-state index in [2.05, 4.69) is 31.0 Å². The van der Waals surface area contributed by atoms with Crippen molar-refractivity contribution in [1.82, 2.24) is 10.2 Å². The van der Waals surface area contributed by atoms with Crippen LogP contribution in [-0.2, 0) is 4.74 Å². The van der Waals surface area contributed by atoms with E-state index < -0.39 is 0 Å². The Kier molecular flexibility index (Phi) is 7.09. The quantitative estimate of drug-likeness (QED) is 0.693. The summed E-state index contributed by atoms with van der Waals surface area (Å²) in [5, 5.41) is 3.56. The first-order chi connectivity index (χ1) is 8.19. The first kappa shape index (κ1) is 14.9. The molecular formula is C14H30N2O. The lowest BCUT2D eigenvalue weighted by molar-refractivity contribution is 0.00192. The molecule has 1 heterocycles. The van der Waals surface area contributed by atoms with Crippen molar-refractivity contribution in [3.8, 4) is 0 Å². The zero-order valence-electron chi connectivity index (χ0n) is 12.0. The number of piperidine rings is 1. The highest BCUT2D eigenvalue weighted by Gasteiger charge is 2.27. The Morgan fingerprint density at radius 3 is 2.82 bits per heavy atom. The maximum atomic E-state index is 5.46. The third kappa shape index (κ3) is 4.94. The van der Waals surface area contributed by atoms with Crippen molar-refractivity contribution >= 4 is 0 Å². The molecular weight excluding hydrogens is 212 g/mol. The minimum atomic E-state index is 0.474. The molecule has 1 saturated heterocycles. The normalized spacial score (nSPS) is 28.2. The molecule has 17 heavy (non-hydrogen) atoms. The van der Waals surface area contributed by atoms with E-state index in [1.807, 2.05) is 7.11 Å². The van der Waals surface area contributed by atoms with Gasteiger partial charge < -0.3 is 10.1 Å². The predicted molar refractivity (Wildman–Crippen MR) is 73.4 cm³/mol. The Hall–Kier alpha value is -0.120. The Morgan fingerprint density at radius 1 is 1.47 bits per heavy atom. The number of rotatable bonds is 7. The van der Waals surface area contributed by atoms with E-state index in [-0.39, 0.29) is 0 Å². The molecule has 1 N–H and O–H groups in total. The van der Waals surface area contributed by atoms with Gasteiger partial charge in [-0.2, -0.15) is 0 Å². The summed E-state index contributed by atoms with van der Waals surface area (Å²) in [4.78, 5) is 2.62. The molecule has 0 aliphatic carbocycles. The summed E-state index contributed by atoms with van der Waals surface area (Å²) >= 11 is 0. The summed E-state index contributed by atoms with van der Waals surface area (Å²) in [6.07, 6.45) is 5.39. The minimum absolute atomic E-state index is 0.474. The molecule has 3 nitrogen and oxygen atoms in total. The van der Waals surface area contributed by atoms with Crippen molar-refractivity contribution in [2.45, 2.75) is 64.6 Å². The van der Waals surface area contributed by atoms with E-state index in [0.717, 1.165) is 13.1 Å². The summed E-state index contributed by atoms with van der Waals surface area (Å²) in [5.41, 5.74) is 0. The SMILES string of the molecule is CCCCNCC(C)N1CCC(OC)CC1C. The number of hydrogen-bond acceptors (Lipinski definition) is 3. The van der Waals surface area contributed by atoms with Crippen LogP contribution in [0.3, 0.4) is 0 Å². The molecule has 3 unspecified atom stereocenters. The molecule has 1 rings (SSSR count). The topological polar surface area (TPSA) is 24.5 Å². The van der Waals surface area contributed by atoms with Gasteiger partial charge in [-0.05, 0) is 39.7 Å². The van der Waals surface area contributed by atoms with Crippen LogP contribution in [0.4, 0.5) is 0 Å². The number of nitrogens with zero attached hydrogens (tertiary/aromatic N) is 1. The van der Waals surface area contributed by atoms with Crippen molar-refractivity contribution in [3.63, 3.8) is 0 Å². The zero-order valence-corrected chi connectivity index (χ0v) is 12.0. The minimum Gasteiger partial charge on any atom is -0.381 e. The van der Waals surface area contributed by atoms with Crippen molar-refractivity contribution in [1.29, 1.82) is 0 Å².